The molecule has 140 valence electrons. The van der Waals surface area contributed by atoms with Gasteiger partial charge in [0.15, 0.2) is 0 Å². The Kier molecular flexibility index (Phi) is 5.55. The van der Waals surface area contributed by atoms with Crippen LogP contribution in [0.3, 0.4) is 0 Å². The highest BCUT2D eigenvalue weighted by molar-refractivity contribution is 5.70. The van der Waals surface area contributed by atoms with Gasteiger partial charge in [0.2, 0.25) is 0 Å². The summed E-state index contributed by atoms with van der Waals surface area (Å²) in [5.41, 5.74) is 2.44. The fourth-order valence-corrected chi connectivity index (χ4v) is 4.82. The summed E-state index contributed by atoms with van der Waals surface area (Å²) >= 11 is 0. The lowest BCUT2D eigenvalue weighted by atomic mass is 9.86. The van der Waals surface area contributed by atoms with Crippen LogP contribution in [0.4, 0.5) is 0 Å². The first-order chi connectivity index (χ1) is 11.9. The van der Waals surface area contributed by atoms with Gasteiger partial charge >= 0.3 is 5.97 Å². The van der Waals surface area contributed by atoms with Crippen molar-refractivity contribution in [2.24, 2.45) is 17.8 Å². The number of carboxylic acid groups (broad SMARTS) is 1. The van der Waals surface area contributed by atoms with Crippen LogP contribution >= 0.6 is 0 Å². The molecule has 0 aromatic carbocycles. The third-order valence-electron chi connectivity index (χ3n) is 6.02. The summed E-state index contributed by atoms with van der Waals surface area (Å²) in [6.45, 7) is 9.16. The second-order valence-electron chi connectivity index (χ2n) is 9.04. The van der Waals surface area contributed by atoms with Crippen molar-refractivity contribution in [3.05, 3.63) is 17.0 Å². The lowest BCUT2D eigenvalue weighted by Gasteiger charge is -2.18. The molecule has 0 amide bonds. The Bertz CT molecular complexity index is 602. The van der Waals surface area contributed by atoms with Crippen molar-refractivity contribution in [2.75, 3.05) is 0 Å². The second-order valence-corrected chi connectivity index (χ2v) is 9.04. The monoisotopic (exact) mass is 347 g/mol. The van der Waals surface area contributed by atoms with E-state index in [1.165, 1.54) is 24.8 Å². The number of nitrogens with zero attached hydrogens (tertiary/aromatic N) is 1. The van der Waals surface area contributed by atoms with Crippen LogP contribution in [0, 0.1) is 17.8 Å². The summed E-state index contributed by atoms with van der Waals surface area (Å²) in [6.07, 6.45) is 7.25. The first-order valence-electron chi connectivity index (χ1n) is 10.1. The number of carboxylic acids is 1. The number of hydrogen-bond acceptors (Lipinski definition) is 3. The van der Waals surface area contributed by atoms with E-state index >= 15 is 0 Å². The zero-order valence-electron chi connectivity index (χ0n) is 16.1. The Morgan fingerprint density at radius 3 is 2.36 bits per heavy atom. The molecule has 1 aromatic heterocycles. The van der Waals surface area contributed by atoms with Crippen LogP contribution in [-0.4, -0.2) is 16.2 Å². The van der Waals surface area contributed by atoms with Gasteiger partial charge in [0.1, 0.15) is 5.76 Å². The molecule has 4 atom stereocenters. The fraction of sp³-hybridized carbons (Fsp3) is 0.810. The van der Waals surface area contributed by atoms with Gasteiger partial charge in [-0.2, -0.15) is 0 Å². The van der Waals surface area contributed by atoms with Crippen molar-refractivity contribution in [1.29, 1.82) is 0 Å². The summed E-state index contributed by atoms with van der Waals surface area (Å²) in [7, 11) is 0. The molecule has 25 heavy (non-hydrogen) atoms. The zero-order chi connectivity index (χ0) is 18.1. The predicted molar refractivity (Wildman–Crippen MR) is 97.8 cm³/mol. The van der Waals surface area contributed by atoms with E-state index in [-0.39, 0.29) is 11.8 Å². The van der Waals surface area contributed by atoms with Crippen molar-refractivity contribution in [3.63, 3.8) is 0 Å². The lowest BCUT2D eigenvalue weighted by Crippen LogP contribution is -2.10. The molecule has 3 rings (SSSR count). The summed E-state index contributed by atoms with van der Waals surface area (Å²) in [5.74, 6) is 2.89. The number of hydrogen-bond donors (Lipinski definition) is 1. The highest BCUT2D eigenvalue weighted by Crippen LogP contribution is 2.50. The summed E-state index contributed by atoms with van der Waals surface area (Å²) in [4.78, 5) is 11.3. The van der Waals surface area contributed by atoms with E-state index in [9.17, 15) is 9.90 Å². The van der Waals surface area contributed by atoms with Gasteiger partial charge in [-0.05, 0) is 62.7 Å². The van der Waals surface area contributed by atoms with Crippen LogP contribution in [-0.2, 0) is 4.79 Å². The van der Waals surface area contributed by atoms with E-state index < -0.39 is 5.97 Å². The van der Waals surface area contributed by atoms with Gasteiger partial charge < -0.3 is 9.63 Å². The highest BCUT2D eigenvalue weighted by atomic mass is 16.5. The first-order valence-corrected chi connectivity index (χ1v) is 10.1. The topological polar surface area (TPSA) is 63.3 Å². The summed E-state index contributed by atoms with van der Waals surface area (Å²) < 4.78 is 5.88. The molecule has 4 nitrogen and oxygen atoms in total. The molecule has 2 saturated carbocycles. The molecule has 0 radical (unpaired) electrons. The number of aromatic nitrogens is 1. The molecule has 2 aliphatic carbocycles. The largest absolute Gasteiger partial charge is 0.481 e. The maximum absolute atomic E-state index is 11.3. The summed E-state index contributed by atoms with van der Waals surface area (Å²) in [5, 5.41) is 13.8. The van der Waals surface area contributed by atoms with Crippen molar-refractivity contribution >= 4 is 5.97 Å². The Hall–Kier alpha value is -1.32. The summed E-state index contributed by atoms with van der Waals surface area (Å²) in [6, 6.07) is 0. The maximum atomic E-state index is 11.3. The third-order valence-corrected chi connectivity index (χ3v) is 6.02. The SMILES string of the molecule is CC(C)C[C@@H](C)C[C@H](C)c1onc(C2CC[C@@H](C(=O)O)C2)c1C1CC1. The van der Waals surface area contributed by atoms with E-state index in [1.807, 2.05) is 0 Å². The van der Waals surface area contributed by atoms with Gasteiger partial charge in [-0.25, -0.2) is 0 Å². The van der Waals surface area contributed by atoms with Gasteiger partial charge in [0.05, 0.1) is 11.6 Å². The van der Waals surface area contributed by atoms with E-state index in [4.69, 9.17) is 4.52 Å². The standard InChI is InChI=1S/C21H33NO3/c1-12(2)9-13(3)10-14(4)20-18(15-5-6-15)19(22-25-20)16-7-8-17(11-16)21(23)24/h12-17H,5-11H2,1-4H3,(H,23,24)/t13-,14+,16?,17-/m1/s1. The number of carbonyl (C=O) groups is 1. The molecule has 0 bridgehead atoms. The van der Waals surface area contributed by atoms with E-state index in [0.717, 1.165) is 43.1 Å². The molecule has 1 aromatic rings. The third kappa shape index (κ3) is 4.27. The molecule has 0 aliphatic heterocycles. The smallest absolute Gasteiger partial charge is 0.306 e. The minimum absolute atomic E-state index is 0.208. The molecule has 4 heteroatoms. The normalized spacial score (nSPS) is 26.1. The molecule has 0 saturated heterocycles. The predicted octanol–water partition coefficient (Wildman–Crippen LogP) is 5.70. The Morgan fingerprint density at radius 2 is 1.80 bits per heavy atom. The molecular formula is C21H33NO3. The lowest BCUT2D eigenvalue weighted by molar-refractivity contribution is -0.141. The highest BCUT2D eigenvalue weighted by Gasteiger charge is 2.40. The van der Waals surface area contributed by atoms with Crippen LogP contribution in [0.15, 0.2) is 4.52 Å². The average molecular weight is 347 g/mol. The van der Waals surface area contributed by atoms with Crippen LogP contribution in [0.1, 0.15) is 107 Å². The van der Waals surface area contributed by atoms with E-state index in [0.29, 0.717) is 17.8 Å². The Morgan fingerprint density at radius 1 is 1.12 bits per heavy atom. The number of aliphatic carboxylic acids is 1. The van der Waals surface area contributed by atoms with Crippen LogP contribution < -0.4 is 0 Å². The quantitative estimate of drug-likeness (QED) is 0.655. The van der Waals surface area contributed by atoms with Crippen molar-refractivity contribution < 1.29 is 14.4 Å². The van der Waals surface area contributed by atoms with Gasteiger partial charge in [0, 0.05) is 17.4 Å². The van der Waals surface area contributed by atoms with Crippen molar-refractivity contribution in [1.82, 2.24) is 5.16 Å². The van der Waals surface area contributed by atoms with Crippen molar-refractivity contribution in [3.8, 4) is 0 Å². The van der Waals surface area contributed by atoms with Crippen LogP contribution in [0.2, 0.25) is 0 Å². The molecular weight excluding hydrogens is 314 g/mol. The maximum Gasteiger partial charge on any atom is 0.306 e. The van der Waals surface area contributed by atoms with Gasteiger partial charge in [-0.3, -0.25) is 4.79 Å². The first kappa shape index (κ1) is 18.5. The molecule has 1 heterocycles. The molecule has 0 spiro atoms. The van der Waals surface area contributed by atoms with Gasteiger partial charge in [-0.15, -0.1) is 0 Å². The molecule has 1 unspecified atom stereocenters. The fourth-order valence-electron chi connectivity index (χ4n) is 4.82. The Balaban J connectivity index is 1.75. The van der Waals surface area contributed by atoms with Crippen LogP contribution in [0.5, 0.6) is 0 Å². The van der Waals surface area contributed by atoms with Gasteiger partial charge in [0.25, 0.3) is 0 Å². The minimum atomic E-state index is -0.657. The molecule has 1 N–H and O–H groups in total. The number of rotatable bonds is 8. The van der Waals surface area contributed by atoms with E-state index in [2.05, 4.69) is 32.9 Å². The minimum Gasteiger partial charge on any atom is -0.481 e. The second kappa shape index (κ2) is 7.51. The molecule has 2 aliphatic rings. The van der Waals surface area contributed by atoms with E-state index in [1.54, 1.807) is 0 Å². The van der Waals surface area contributed by atoms with Crippen LogP contribution in [0.25, 0.3) is 0 Å². The Labute approximate surface area is 151 Å². The molecule has 2 fully saturated rings. The van der Waals surface area contributed by atoms with Crippen molar-refractivity contribution in [2.45, 2.75) is 90.4 Å². The average Bonchev–Trinajstić information content (AvgIpc) is 3.08. The van der Waals surface area contributed by atoms with Gasteiger partial charge in [-0.1, -0.05) is 32.9 Å². The zero-order valence-corrected chi connectivity index (χ0v) is 16.1.